The molecule has 3 rings (SSSR count). The molecule has 0 bridgehead atoms. The number of carbonyl (C=O) groups excluding carboxylic acids is 1. The van der Waals surface area contributed by atoms with Crippen molar-refractivity contribution in [3.05, 3.63) is 98.0 Å². The van der Waals surface area contributed by atoms with Gasteiger partial charge in [0.15, 0.2) is 0 Å². The summed E-state index contributed by atoms with van der Waals surface area (Å²) in [7, 11) is 0. The Morgan fingerprint density at radius 2 is 1.81 bits per heavy atom. The van der Waals surface area contributed by atoms with E-state index in [-0.39, 0.29) is 12.2 Å². The van der Waals surface area contributed by atoms with Crippen molar-refractivity contribution in [3.63, 3.8) is 0 Å². The number of halogens is 3. The normalized spacial score (nSPS) is 11.0. The first-order chi connectivity index (χ1) is 14.9. The fourth-order valence-corrected chi connectivity index (χ4v) is 3.35. The van der Waals surface area contributed by atoms with Crippen molar-refractivity contribution in [1.29, 1.82) is 5.26 Å². The molecule has 0 saturated carbocycles. The number of hydrogen-bond acceptors (Lipinski definition) is 3. The fraction of sp³-hybridized carbons (Fsp3) is 0.0833. The zero-order valence-corrected chi connectivity index (χ0v) is 18.7. The van der Waals surface area contributed by atoms with Crippen molar-refractivity contribution in [2.75, 3.05) is 5.32 Å². The van der Waals surface area contributed by atoms with Gasteiger partial charge in [-0.25, -0.2) is 0 Å². The Morgan fingerprint density at radius 3 is 2.48 bits per heavy atom. The van der Waals surface area contributed by atoms with Crippen LogP contribution in [0, 0.1) is 18.3 Å². The Kier molecular flexibility index (Phi) is 7.59. The van der Waals surface area contributed by atoms with Gasteiger partial charge in [-0.1, -0.05) is 59.1 Å². The Hall–Kier alpha value is -2.97. The maximum absolute atomic E-state index is 12.5. The minimum atomic E-state index is -0.509. The molecule has 4 nitrogen and oxygen atoms in total. The van der Waals surface area contributed by atoms with Crippen molar-refractivity contribution < 1.29 is 9.53 Å². The Morgan fingerprint density at radius 1 is 1.06 bits per heavy atom. The van der Waals surface area contributed by atoms with Gasteiger partial charge in [0.05, 0.1) is 0 Å². The van der Waals surface area contributed by atoms with Crippen LogP contribution in [0.4, 0.5) is 5.69 Å². The lowest BCUT2D eigenvalue weighted by Gasteiger charge is -2.09. The molecule has 3 aromatic rings. The average molecular weight is 472 g/mol. The number of nitriles is 1. The zero-order valence-electron chi connectivity index (χ0n) is 16.5. The van der Waals surface area contributed by atoms with Crippen LogP contribution >= 0.6 is 34.8 Å². The number of amides is 1. The smallest absolute Gasteiger partial charge is 0.266 e. The number of benzene rings is 3. The zero-order chi connectivity index (χ0) is 22.4. The average Bonchev–Trinajstić information content (AvgIpc) is 2.75. The highest BCUT2D eigenvalue weighted by Crippen LogP contribution is 2.25. The van der Waals surface area contributed by atoms with Gasteiger partial charge in [-0.05, 0) is 60.5 Å². The van der Waals surface area contributed by atoms with Gasteiger partial charge in [-0.3, -0.25) is 4.79 Å². The van der Waals surface area contributed by atoms with Crippen LogP contribution in [-0.2, 0) is 11.4 Å². The highest BCUT2D eigenvalue weighted by molar-refractivity contribution is 6.35. The highest BCUT2D eigenvalue weighted by Gasteiger charge is 2.12. The maximum atomic E-state index is 12.5. The number of nitrogens with zero attached hydrogens (tertiary/aromatic N) is 1. The number of nitrogens with one attached hydrogen (secondary N) is 1. The molecule has 0 aliphatic carbocycles. The third kappa shape index (κ3) is 6.02. The van der Waals surface area contributed by atoms with E-state index in [0.29, 0.717) is 32.1 Å². The van der Waals surface area contributed by atoms with E-state index in [1.807, 2.05) is 6.07 Å². The summed E-state index contributed by atoms with van der Waals surface area (Å²) in [5.74, 6) is 0.117. The van der Waals surface area contributed by atoms with Gasteiger partial charge in [0.2, 0.25) is 0 Å². The van der Waals surface area contributed by atoms with Gasteiger partial charge < -0.3 is 10.1 Å². The van der Waals surface area contributed by atoms with E-state index in [2.05, 4.69) is 5.32 Å². The first kappa shape index (κ1) is 22.7. The van der Waals surface area contributed by atoms with E-state index in [1.165, 1.54) is 6.08 Å². The van der Waals surface area contributed by atoms with Crippen molar-refractivity contribution in [1.82, 2.24) is 0 Å². The van der Waals surface area contributed by atoms with Crippen LogP contribution in [0.1, 0.15) is 16.7 Å². The largest absolute Gasteiger partial charge is 0.489 e. The van der Waals surface area contributed by atoms with Crippen molar-refractivity contribution in [3.8, 4) is 11.8 Å². The predicted octanol–water partition coefficient (Wildman–Crippen LogP) is 7.08. The molecule has 3 aromatic carbocycles. The van der Waals surface area contributed by atoms with Gasteiger partial charge in [-0.2, -0.15) is 5.26 Å². The molecule has 156 valence electrons. The van der Waals surface area contributed by atoms with Crippen LogP contribution in [0.5, 0.6) is 5.75 Å². The summed E-state index contributed by atoms with van der Waals surface area (Å²) in [6.07, 6.45) is 1.51. The van der Waals surface area contributed by atoms with E-state index in [1.54, 1.807) is 67.6 Å². The van der Waals surface area contributed by atoms with Crippen molar-refractivity contribution >= 4 is 52.5 Å². The first-order valence-electron chi connectivity index (χ1n) is 9.22. The number of rotatable bonds is 6. The molecule has 0 radical (unpaired) electrons. The quantitative estimate of drug-likeness (QED) is 0.308. The van der Waals surface area contributed by atoms with Crippen LogP contribution in [0.25, 0.3) is 6.08 Å². The van der Waals surface area contributed by atoms with Gasteiger partial charge in [-0.15, -0.1) is 0 Å². The molecule has 0 fully saturated rings. The minimum Gasteiger partial charge on any atom is -0.489 e. The molecule has 7 heteroatoms. The Bertz CT molecular complexity index is 1180. The lowest BCUT2D eigenvalue weighted by atomic mass is 10.1. The molecule has 1 N–H and O–H groups in total. The third-order valence-corrected chi connectivity index (χ3v) is 5.48. The Labute approximate surface area is 195 Å². The molecular weight excluding hydrogens is 455 g/mol. The number of hydrogen-bond donors (Lipinski definition) is 1. The van der Waals surface area contributed by atoms with Gasteiger partial charge >= 0.3 is 0 Å². The second-order valence-electron chi connectivity index (χ2n) is 6.63. The summed E-state index contributed by atoms with van der Waals surface area (Å²) < 4.78 is 5.74. The molecule has 0 aromatic heterocycles. The number of ether oxygens (including phenoxy) is 1. The van der Waals surface area contributed by atoms with Crippen LogP contribution in [0.2, 0.25) is 15.1 Å². The van der Waals surface area contributed by atoms with Crippen LogP contribution in [0.3, 0.4) is 0 Å². The highest BCUT2D eigenvalue weighted by atomic mass is 35.5. The molecule has 0 saturated heterocycles. The summed E-state index contributed by atoms with van der Waals surface area (Å²) in [6, 6.07) is 19.4. The molecule has 0 aliphatic rings. The van der Waals surface area contributed by atoms with Crippen LogP contribution < -0.4 is 10.1 Å². The second-order valence-corrected chi connectivity index (χ2v) is 7.88. The number of anilines is 1. The summed E-state index contributed by atoms with van der Waals surface area (Å²) in [4.78, 5) is 12.5. The first-order valence-corrected chi connectivity index (χ1v) is 10.4. The monoisotopic (exact) mass is 470 g/mol. The van der Waals surface area contributed by atoms with Crippen LogP contribution in [0.15, 0.2) is 66.2 Å². The Balaban J connectivity index is 1.68. The minimum absolute atomic E-state index is 0.0269. The van der Waals surface area contributed by atoms with Gasteiger partial charge in [0.25, 0.3) is 5.91 Å². The number of carbonyl (C=O) groups is 1. The summed E-state index contributed by atoms with van der Waals surface area (Å²) in [5.41, 5.74) is 2.77. The standard InChI is InChI=1S/C24H17Cl3N2O2/c1-15-21(26)3-2-4-23(15)29-24(30)18(13-28)11-16-5-9-20(10-6-16)31-14-17-7-8-19(25)12-22(17)27/h2-12H,14H2,1H3,(H,29,30)/b18-11+. The molecule has 1 amide bonds. The predicted molar refractivity (Wildman–Crippen MR) is 126 cm³/mol. The fourth-order valence-electron chi connectivity index (χ4n) is 2.71. The summed E-state index contributed by atoms with van der Waals surface area (Å²) in [5, 5.41) is 13.8. The van der Waals surface area contributed by atoms with E-state index in [4.69, 9.17) is 39.5 Å². The topological polar surface area (TPSA) is 62.1 Å². The van der Waals surface area contributed by atoms with Gasteiger partial charge in [0.1, 0.15) is 24.0 Å². The molecule has 0 spiro atoms. The maximum Gasteiger partial charge on any atom is 0.266 e. The third-order valence-electron chi connectivity index (χ3n) is 4.48. The van der Waals surface area contributed by atoms with E-state index in [9.17, 15) is 10.1 Å². The summed E-state index contributed by atoms with van der Waals surface area (Å²) in [6.45, 7) is 2.08. The lowest BCUT2D eigenvalue weighted by Crippen LogP contribution is -2.14. The molecule has 31 heavy (non-hydrogen) atoms. The molecular formula is C24H17Cl3N2O2. The van der Waals surface area contributed by atoms with Crippen molar-refractivity contribution in [2.45, 2.75) is 13.5 Å². The molecule has 0 aliphatic heterocycles. The summed E-state index contributed by atoms with van der Waals surface area (Å²) >= 11 is 18.1. The van der Waals surface area contributed by atoms with E-state index < -0.39 is 5.91 Å². The van der Waals surface area contributed by atoms with Gasteiger partial charge in [0, 0.05) is 26.3 Å². The van der Waals surface area contributed by atoms with E-state index in [0.717, 1.165) is 11.1 Å². The molecule has 0 heterocycles. The second kappa shape index (κ2) is 10.4. The molecule has 0 unspecified atom stereocenters. The van der Waals surface area contributed by atoms with Crippen LogP contribution in [-0.4, -0.2) is 5.91 Å². The van der Waals surface area contributed by atoms with Crippen molar-refractivity contribution in [2.24, 2.45) is 0 Å². The van der Waals surface area contributed by atoms with E-state index >= 15 is 0 Å². The SMILES string of the molecule is Cc1c(Cl)cccc1NC(=O)/C(C#N)=C/c1ccc(OCc2ccc(Cl)cc2Cl)cc1. The lowest BCUT2D eigenvalue weighted by molar-refractivity contribution is -0.112. The molecule has 0 atom stereocenters.